The van der Waals surface area contributed by atoms with Crippen LogP contribution >= 0.6 is 0 Å². The van der Waals surface area contributed by atoms with Crippen molar-refractivity contribution in [3.05, 3.63) is 41.3 Å². The molecule has 1 atom stereocenters. The molecule has 19 heavy (non-hydrogen) atoms. The number of rotatable bonds is 5. The Morgan fingerprint density at radius 2 is 2.11 bits per heavy atom. The fourth-order valence-corrected chi connectivity index (χ4v) is 2.12. The Morgan fingerprint density at radius 3 is 2.79 bits per heavy atom. The van der Waals surface area contributed by atoms with Crippen LogP contribution in [0.4, 0.5) is 0 Å². The Hall–Kier alpha value is -1.61. The molecule has 2 rings (SSSR count). The van der Waals surface area contributed by atoms with Crippen LogP contribution in [0.25, 0.3) is 11.3 Å². The van der Waals surface area contributed by atoms with E-state index in [1.54, 1.807) is 0 Å². The van der Waals surface area contributed by atoms with Gasteiger partial charge in [0.25, 0.3) is 0 Å². The highest BCUT2D eigenvalue weighted by Crippen LogP contribution is 2.22. The molecule has 1 heterocycles. The molecule has 0 aliphatic carbocycles. The van der Waals surface area contributed by atoms with Crippen LogP contribution in [0.1, 0.15) is 37.2 Å². The van der Waals surface area contributed by atoms with E-state index >= 15 is 0 Å². The van der Waals surface area contributed by atoms with E-state index in [2.05, 4.69) is 61.2 Å². The Kier molecular flexibility index (Phi) is 4.38. The van der Waals surface area contributed by atoms with Gasteiger partial charge in [0.1, 0.15) is 5.82 Å². The van der Waals surface area contributed by atoms with E-state index in [-0.39, 0.29) is 0 Å². The minimum absolute atomic E-state index is 0.523. The van der Waals surface area contributed by atoms with Crippen molar-refractivity contribution in [2.45, 2.75) is 46.7 Å². The number of nitrogens with zero attached hydrogens (tertiary/aromatic N) is 1. The summed E-state index contributed by atoms with van der Waals surface area (Å²) < 4.78 is 0. The number of aromatic amines is 1. The quantitative estimate of drug-likeness (QED) is 0.859. The van der Waals surface area contributed by atoms with Gasteiger partial charge in [0.2, 0.25) is 0 Å². The summed E-state index contributed by atoms with van der Waals surface area (Å²) in [6, 6.07) is 7.02. The first-order valence-electron chi connectivity index (χ1n) is 6.95. The van der Waals surface area contributed by atoms with Crippen LogP contribution in [0.3, 0.4) is 0 Å². The fraction of sp³-hybridized carbons (Fsp3) is 0.438. The number of aryl methyl sites for hydroxylation is 2. The maximum absolute atomic E-state index is 4.44. The van der Waals surface area contributed by atoms with Gasteiger partial charge < -0.3 is 10.3 Å². The first-order chi connectivity index (χ1) is 9.10. The predicted molar refractivity (Wildman–Crippen MR) is 80.1 cm³/mol. The smallest absolute Gasteiger partial charge is 0.120 e. The zero-order chi connectivity index (χ0) is 13.8. The standard InChI is InChI=1S/C16H23N3/c1-5-13(4)17-10-16-18-9-15(19-16)14-7-6-11(2)8-12(14)3/h6-9,13,17H,5,10H2,1-4H3,(H,18,19). The fourth-order valence-electron chi connectivity index (χ4n) is 2.12. The maximum atomic E-state index is 4.44. The molecule has 1 aromatic carbocycles. The highest BCUT2D eigenvalue weighted by atomic mass is 15.0. The van der Waals surface area contributed by atoms with Gasteiger partial charge in [-0.1, -0.05) is 30.7 Å². The van der Waals surface area contributed by atoms with Gasteiger partial charge in [-0.3, -0.25) is 0 Å². The average Bonchev–Trinajstić information content (AvgIpc) is 2.84. The van der Waals surface area contributed by atoms with Crippen molar-refractivity contribution in [2.75, 3.05) is 0 Å². The number of imidazole rings is 1. The van der Waals surface area contributed by atoms with Gasteiger partial charge in [-0.05, 0) is 32.8 Å². The van der Waals surface area contributed by atoms with Crippen molar-refractivity contribution < 1.29 is 0 Å². The monoisotopic (exact) mass is 257 g/mol. The van der Waals surface area contributed by atoms with Crippen molar-refractivity contribution in [2.24, 2.45) is 0 Å². The van der Waals surface area contributed by atoms with Gasteiger partial charge in [-0.25, -0.2) is 4.98 Å². The molecule has 3 heteroatoms. The van der Waals surface area contributed by atoms with Crippen molar-refractivity contribution >= 4 is 0 Å². The van der Waals surface area contributed by atoms with Crippen molar-refractivity contribution in [1.82, 2.24) is 15.3 Å². The highest BCUT2D eigenvalue weighted by Gasteiger charge is 2.07. The Bertz CT molecular complexity index is 543. The van der Waals surface area contributed by atoms with Crippen molar-refractivity contribution in [3.8, 4) is 11.3 Å². The summed E-state index contributed by atoms with van der Waals surface area (Å²) in [4.78, 5) is 7.84. The largest absolute Gasteiger partial charge is 0.341 e. The van der Waals surface area contributed by atoms with E-state index in [9.17, 15) is 0 Å². The van der Waals surface area contributed by atoms with E-state index in [1.165, 1.54) is 16.7 Å². The number of benzene rings is 1. The van der Waals surface area contributed by atoms with Gasteiger partial charge in [0, 0.05) is 11.6 Å². The SMILES string of the molecule is CCC(C)NCc1ncc(-c2ccc(C)cc2C)[nH]1. The van der Waals surface area contributed by atoms with Gasteiger partial charge >= 0.3 is 0 Å². The molecule has 1 unspecified atom stereocenters. The summed E-state index contributed by atoms with van der Waals surface area (Å²) in [7, 11) is 0. The van der Waals surface area contributed by atoms with Gasteiger partial charge in [0.05, 0.1) is 18.4 Å². The first-order valence-corrected chi connectivity index (χ1v) is 6.95. The Balaban J connectivity index is 2.12. The number of hydrogen-bond donors (Lipinski definition) is 2. The molecule has 0 saturated carbocycles. The lowest BCUT2D eigenvalue weighted by molar-refractivity contribution is 0.525. The molecular formula is C16H23N3. The minimum atomic E-state index is 0.523. The Labute approximate surface area is 115 Å². The molecule has 0 amide bonds. The second-order valence-corrected chi connectivity index (χ2v) is 5.25. The number of nitrogens with one attached hydrogen (secondary N) is 2. The van der Waals surface area contributed by atoms with Crippen molar-refractivity contribution in [1.29, 1.82) is 0 Å². The third kappa shape index (κ3) is 3.44. The second-order valence-electron chi connectivity index (χ2n) is 5.25. The summed E-state index contributed by atoms with van der Waals surface area (Å²) >= 11 is 0. The molecule has 0 spiro atoms. The molecule has 0 bridgehead atoms. The number of H-pyrrole nitrogens is 1. The molecule has 2 aromatic rings. The molecule has 0 aliphatic rings. The van der Waals surface area contributed by atoms with Crippen LogP contribution in [-0.4, -0.2) is 16.0 Å². The third-order valence-electron chi connectivity index (χ3n) is 3.53. The molecule has 0 radical (unpaired) electrons. The molecule has 0 saturated heterocycles. The van der Waals surface area contributed by atoms with Gasteiger partial charge in [0.15, 0.2) is 0 Å². The molecule has 102 valence electrons. The first kappa shape index (κ1) is 13.8. The van der Waals surface area contributed by atoms with E-state index in [1.807, 2.05) is 6.20 Å². The lowest BCUT2D eigenvalue weighted by Crippen LogP contribution is -2.24. The summed E-state index contributed by atoms with van der Waals surface area (Å²) in [5, 5.41) is 3.44. The van der Waals surface area contributed by atoms with Crippen LogP contribution in [0.5, 0.6) is 0 Å². The average molecular weight is 257 g/mol. The normalized spacial score (nSPS) is 12.6. The zero-order valence-corrected chi connectivity index (χ0v) is 12.2. The number of hydrogen-bond acceptors (Lipinski definition) is 2. The van der Waals surface area contributed by atoms with Crippen LogP contribution in [-0.2, 0) is 6.54 Å². The van der Waals surface area contributed by atoms with Crippen LogP contribution in [0, 0.1) is 13.8 Å². The van der Waals surface area contributed by atoms with Gasteiger partial charge in [-0.2, -0.15) is 0 Å². The van der Waals surface area contributed by atoms with E-state index in [0.717, 1.165) is 24.5 Å². The Morgan fingerprint density at radius 1 is 1.32 bits per heavy atom. The third-order valence-corrected chi connectivity index (χ3v) is 3.53. The summed E-state index contributed by atoms with van der Waals surface area (Å²) in [6.45, 7) is 9.42. The van der Waals surface area contributed by atoms with E-state index in [0.29, 0.717) is 6.04 Å². The van der Waals surface area contributed by atoms with E-state index < -0.39 is 0 Å². The topological polar surface area (TPSA) is 40.7 Å². The maximum Gasteiger partial charge on any atom is 0.120 e. The van der Waals surface area contributed by atoms with Crippen molar-refractivity contribution in [3.63, 3.8) is 0 Å². The predicted octanol–water partition coefficient (Wildman–Crippen LogP) is 3.58. The summed E-state index contributed by atoms with van der Waals surface area (Å²) in [6.07, 6.45) is 3.05. The summed E-state index contributed by atoms with van der Waals surface area (Å²) in [5.41, 5.74) is 4.90. The molecule has 2 N–H and O–H groups in total. The molecule has 0 fully saturated rings. The summed E-state index contributed by atoms with van der Waals surface area (Å²) in [5.74, 6) is 0.996. The lowest BCUT2D eigenvalue weighted by Gasteiger charge is -2.09. The molecule has 0 aliphatic heterocycles. The van der Waals surface area contributed by atoms with E-state index in [4.69, 9.17) is 0 Å². The minimum Gasteiger partial charge on any atom is -0.341 e. The number of aromatic nitrogens is 2. The van der Waals surface area contributed by atoms with Gasteiger partial charge in [-0.15, -0.1) is 0 Å². The lowest BCUT2D eigenvalue weighted by atomic mass is 10.0. The molecule has 1 aromatic heterocycles. The molecular weight excluding hydrogens is 234 g/mol. The zero-order valence-electron chi connectivity index (χ0n) is 12.2. The highest BCUT2D eigenvalue weighted by molar-refractivity contribution is 5.63. The van der Waals surface area contributed by atoms with Crippen LogP contribution < -0.4 is 5.32 Å². The van der Waals surface area contributed by atoms with Crippen LogP contribution in [0.15, 0.2) is 24.4 Å². The van der Waals surface area contributed by atoms with Crippen LogP contribution in [0.2, 0.25) is 0 Å². The molecule has 3 nitrogen and oxygen atoms in total. The second kappa shape index (κ2) is 6.02.